The van der Waals surface area contributed by atoms with Gasteiger partial charge < -0.3 is 15.2 Å². The molecule has 0 atom stereocenters. The van der Waals surface area contributed by atoms with Gasteiger partial charge in [-0.15, -0.1) is 0 Å². The van der Waals surface area contributed by atoms with Crippen molar-refractivity contribution in [3.63, 3.8) is 0 Å². The van der Waals surface area contributed by atoms with Gasteiger partial charge in [-0.2, -0.15) is 0 Å². The summed E-state index contributed by atoms with van der Waals surface area (Å²) in [6.45, 7) is -0.426. The number of carbonyl (C=O) groups is 2. The average molecular weight is 264 g/mol. The molecule has 2 N–H and O–H groups in total. The number of carboxylic acid groups (broad SMARTS) is 1. The maximum Gasteiger partial charge on any atom is 0.407 e. The minimum atomic E-state index is -1.66. The molecular formula is C6H8Cl3NO4. The molecule has 0 aliphatic heterocycles. The highest BCUT2D eigenvalue weighted by Gasteiger charge is 2.21. The van der Waals surface area contributed by atoms with Crippen molar-refractivity contribution in [2.45, 2.75) is 10.2 Å². The summed E-state index contributed by atoms with van der Waals surface area (Å²) in [7, 11) is 0. The highest BCUT2D eigenvalue weighted by atomic mass is 35.6. The SMILES string of the molecule is O=C(O)CCNC(=O)OCC(Cl)(Cl)Cl. The monoisotopic (exact) mass is 263 g/mol. The van der Waals surface area contributed by atoms with Gasteiger partial charge in [0.1, 0.15) is 6.61 Å². The molecule has 0 aromatic carbocycles. The van der Waals surface area contributed by atoms with Crippen molar-refractivity contribution in [1.29, 1.82) is 0 Å². The lowest BCUT2D eigenvalue weighted by Gasteiger charge is -2.11. The molecule has 0 aliphatic rings. The van der Waals surface area contributed by atoms with E-state index in [0.29, 0.717) is 0 Å². The number of carboxylic acids is 1. The zero-order valence-corrected chi connectivity index (χ0v) is 9.19. The molecule has 82 valence electrons. The highest BCUT2D eigenvalue weighted by Crippen LogP contribution is 2.25. The van der Waals surface area contributed by atoms with Gasteiger partial charge in [-0.05, 0) is 0 Å². The molecule has 0 saturated carbocycles. The van der Waals surface area contributed by atoms with Crippen LogP contribution in [0, 0.1) is 0 Å². The van der Waals surface area contributed by atoms with Gasteiger partial charge in [0.15, 0.2) is 0 Å². The maximum absolute atomic E-state index is 10.8. The van der Waals surface area contributed by atoms with Crippen molar-refractivity contribution in [3.8, 4) is 0 Å². The molecule has 0 bridgehead atoms. The molecule has 0 aromatic rings. The molecule has 0 fully saturated rings. The summed E-state index contributed by atoms with van der Waals surface area (Å²) in [6, 6.07) is 0. The van der Waals surface area contributed by atoms with Gasteiger partial charge in [-0.1, -0.05) is 34.8 Å². The number of hydrogen-bond acceptors (Lipinski definition) is 3. The van der Waals surface area contributed by atoms with Crippen LogP contribution in [0.25, 0.3) is 0 Å². The minimum absolute atomic E-state index is 0.0337. The number of alkyl carbamates (subject to hydrolysis) is 1. The number of ether oxygens (including phenoxy) is 1. The number of halogens is 3. The van der Waals surface area contributed by atoms with Gasteiger partial charge in [0.05, 0.1) is 6.42 Å². The van der Waals surface area contributed by atoms with E-state index in [0.717, 1.165) is 0 Å². The first-order valence-electron chi connectivity index (χ1n) is 3.50. The number of rotatable bonds is 4. The Labute approximate surface area is 95.3 Å². The highest BCUT2D eigenvalue weighted by molar-refractivity contribution is 6.67. The fraction of sp³-hybridized carbons (Fsp3) is 0.667. The number of amides is 1. The molecule has 0 heterocycles. The Kier molecular flexibility index (Phi) is 5.99. The van der Waals surface area contributed by atoms with Gasteiger partial charge in [0, 0.05) is 6.54 Å². The lowest BCUT2D eigenvalue weighted by atomic mass is 10.4. The van der Waals surface area contributed by atoms with E-state index in [9.17, 15) is 9.59 Å². The van der Waals surface area contributed by atoms with Crippen molar-refractivity contribution in [2.75, 3.05) is 13.2 Å². The Balaban J connectivity index is 3.52. The van der Waals surface area contributed by atoms with Gasteiger partial charge in [0.2, 0.25) is 3.79 Å². The van der Waals surface area contributed by atoms with E-state index < -0.39 is 22.5 Å². The van der Waals surface area contributed by atoms with Crippen molar-refractivity contribution >= 4 is 46.9 Å². The lowest BCUT2D eigenvalue weighted by molar-refractivity contribution is -0.136. The first kappa shape index (κ1) is 13.6. The lowest BCUT2D eigenvalue weighted by Crippen LogP contribution is -2.29. The number of nitrogens with one attached hydrogen (secondary N) is 1. The zero-order valence-electron chi connectivity index (χ0n) is 6.93. The van der Waals surface area contributed by atoms with Crippen molar-refractivity contribution in [1.82, 2.24) is 5.32 Å². The molecule has 0 aromatic heterocycles. The Bertz CT molecular complexity index is 216. The Hall–Kier alpha value is -0.390. The van der Waals surface area contributed by atoms with Gasteiger partial charge in [0.25, 0.3) is 0 Å². The van der Waals surface area contributed by atoms with E-state index in [1.54, 1.807) is 0 Å². The third kappa shape index (κ3) is 9.70. The molecule has 8 heteroatoms. The number of hydrogen-bond donors (Lipinski definition) is 2. The van der Waals surface area contributed by atoms with Crippen LogP contribution < -0.4 is 5.32 Å². The third-order valence-electron chi connectivity index (χ3n) is 0.975. The van der Waals surface area contributed by atoms with Crippen LogP contribution in [0.1, 0.15) is 6.42 Å². The molecule has 0 rings (SSSR count). The maximum atomic E-state index is 10.8. The molecule has 0 spiro atoms. The van der Waals surface area contributed by atoms with Gasteiger partial charge in [-0.3, -0.25) is 4.79 Å². The Morgan fingerprint density at radius 2 is 1.93 bits per heavy atom. The summed E-state index contributed by atoms with van der Waals surface area (Å²) >= 11 is 15.9. The molecule has 5 nitrogen and oxygen atoms in total. The van der Waals surface area contributed by atoms with Crippen molar-refractivity contribution < 1.29 is 19.4 Å². The first-order chi connectivity index (χ1) is 6.31. The van der Waals surface area contributed by atoms with E-state index in [2.05, 4.69) is 10.1 Å². The topological polar surface area (TPSA) is 75.6 Å². The van der Waals surface area contributed by atoms with Crippen LogP contribution in [0.5, 0.6) is 0 Å². The molecule has 14 heavy (non-hydrogen) atoms. The van der Waals surface area contributed by atoms with Crippen molar-refractivity contribution in [3.05, 3.63) is 0 Å². The normalized spacial score (nSPS) is 10.8. The van der Waals surface area contributed by atoms with E-state index in [-0.39, 0.29) is 13.0 Å². The predicted molar refractivity (Wildman–Crippen MR) is 51.9 cm³/mol. The average Bonchev–Trinajstić information content (AvgIpc) is 1.99. The number of alkyl halides is 3. The van der Waals surface area contributed by atoms with Gasteiger partial charge in [-0.25, -0.2) is 4.79 Å². The second-order valence-corrected chi connectivity index (χ2v) is 4.78. The molecule has 1 amide bonds. The Morgan fingerprint density at radius 1 is 1.36 bits per heavy atom. The number of carbonyl (C=O) groups excluding carboxylic acids is 1. The van der Waals surface area contributed by atoms with Gasteiger partial charge >= 0.3 is 12.1 Å². The van der Waals surface area contributed by atoms with E-state index >= 15 is 0 Å². The molecular weight excluding hydrogens is 256 g/mol. The van der Waals surface area contributed by atoms with Crippen LogP contribution in [-0.4, -0.2) is 34.1 Å². The smallest absolute Gasteiger partial charge is 0.407 e. The third-order valence-corrected chi connectivity index (χ3v) is 1.30. The summed E-state index contributed by atoms with van der Waals surface area (Å²) < 4.78 is 2.79. The summed E-state index contributed by atoms with van der Waals surface area (Å²) in [5.41, 5.74) is 0. The first-order valence-corrected chi connectivity index (χ1v) is 4.64. The van der Waals surface area contributed by atoms with E-state index in [1.807, 2.05) is 0 Å². The van der Waals surface area contributed by atoms with Crippen LogP contribution in [0.15, 0.2) is 0 Å². The standard InChI is InChI=1S/C6H8Cl3NO4/c7-6(8,9)3-14-5(13)10-2-1-4(11)12/h1-3H2,(H,10,13)(H,11,12). The summed E-state index contributed by atoms with van der Waals surface area (Å²) in [5.74, 6) is -1.02. The van der Waals surface area contributed by atoms with E-state index in [1.165, 1.54) is 0 Å². The van der Waals surface area contributed by atoms with Crippen molar-refractivity contribution in [2.24, 2.45) is 0 Å². The largest absolute Gasteiger partial charge is 0.481 e. The zero-order chi connectivity index (χ0) is 11.2. The quantitative estimate of drug-likeness (QED) is 0.756. The second-order valence-electron chi connectivity index (χ2n) is 2.26. The predicted octanol–water partition coefficient (Wildman–Crippen LogP) is 1.56. The fourth-order valence-corrected chi connectivity index (χ4v) is 0.634. The summed E-state index contributed by atoms with van der Waals surface area (Å²) in [5, 5.41) is 10.4. The number of aliphatic carboxylic acids is 1. The molecule has 0 aliphatic carbocycles. The van der Waals surface area contributed by atoms with Crippen LogP contribution in [0.4, 0.5) is 4.79 Å². The second kappa shape index (κ2) is 6.16. The van der Waals surface area contributed by atoms with Crippen LogP contribution >= 0.6 is 34.8 Å². The molecule has 0 saturated heterocycles. The van der Waals surface area contributed by atoms with Crippen LogP contribution in [0.3, 0.4) is 0 Å². The fourth-order valence-electron chi connectivity index (χ4n) is 0.470. The Morgan fingerprint density at radius 3 is 2.36 bits per heavy atom. The summed E-state index contributed by atoms with van der Waals surface area (Å²) in [6.07, 6.45) is -1.01. The van der Waals surface area contributed by atoms with E-state index in [4.69, 9.17) is 39.9 Å². The summed E-state index contributed by atoms with van der Waals surface area (Å²) in [4.78, 5) is 20.8. The molecule has 0 radical (unpaired) electrons. The molecule has 0 unspecified atom stereocenters. The van der Waals surface area contributed by atoms with Crippen LogP contribution in [-0.2, 0) is 9.53 Å². The van der Waals surface area contributed by atoms with Crippen LogP contribution in [0.2, 0.25) is 0 Å². The minimum Gasteiger partial charge on any atom is -0.481 e.